The van der Waals surface area contributed by atoms with E-state index in [0.29, 0.717) is 5.56 Å². The summed E-state index contributed by atoms with van der Waals surface area (Å²) in [6, 6.07) is 0. The van der Waals surface area contributed by atoms with Crippen molar-refractivity contribution in [3.05, 3.63) is 26.1 Å². The van der Waals surface area contributed by atoms with Crippen LogP contribution < -0.4 is 5.73 Å². The quantitative estimate of drug-likeness (QED) is 0.402. The monoisotopic (exact) mass is 216 g/mol. The van der Waals surface area contributed by atoms with Gasteiger partial charge in [0, 0.05) is 4.91 Å². The smallest absolute Gasteiger partial charge is 0.164 e. The standard InChI is InChI=1S/C6H4Cl2N5/c1-2-3(7)5(9)11-6(4(2)8)12-13-10/h9H,1H3. The number of hydrogen-bond acceptors (Lipinski definition) is 2. The van der Waals surface area contributed by atoms with Crippen LogP contribution >= 0.6 is 23.2 Å². The highest BCUT2D eigenvalue weighted by atomic mass is 35.5. The van der Waals surface area contributed by atoms with Crippen molar-refractivity contribution in [2.45, 2.75) is 6.92 Å². The summed E-state index contributed by atoms with van der Waals surface area (Å²) in [5.74, 6) is -0.165. The van der Waals surface area contributed by atoms with Crippen LogP contribution in [0.1, 0.15) is 5.56 Å². The van der Waals surface area contributed by atoms with Crippen molar-refractivity contribution in [2.24, 2.45) is 5.11 Å². The molecule has 0 bridgehead atoms. The minimum Gasteiger partial charge on any atom is -0.282 e. The molecule has 0 unspecified atom stereocenters. The zero-order valence-electron chi connectivity index (χ0n) is 6.54. The molecule has 1 rings (SSSR count). The molecule has 0 aliphatic carbocycles. The van der Waals surface area contributed by atoms with Crippen molar-refractivity contribution >= 4 is 34.8 Å². The highest BCUT2D eigenvalue weighted by molar-refractivity contribution is 6.38. The van der Waals surface area contributed by atoms with Gasteiger partial charge in [-0.25, -0.2) is 4.98 Å². The SMILES string of the molecule is Cc1c(Cl)c([NH])nc(N=[N+]=[N-])c1Cl. The van der Waals surface area contributed by atoms with E-state index in [9.17, 15) is 0 Å². The molecule has 0 saturated heterocycles. The molecule has 13 heavy (non-hydrogen) atoms. The summed E-state index contributed by atoms with van der Waals surface area (Å²) in [7, 11) is 0. The molecule has 0 aliphatic rings. The molecule has 0 amide bonds. The largest absolute Gasteiger partial charge is 0.282 e. The van der Waals surface area contributed by atoms with Gasteiger partial charge in [0.15, 0.2) is 5.82 Å². The minimum atomic E-state index is -0.147. The summed E-state index contributed by atoms with van der Waals surface area (Å²) >= 11 is 11.4. The summed E-state index contributed by atoms with van der Waals surface area (Å²) in [6.07, 6.45) is 0. The van der Waals surface area contributed by atoms with Gasteiger partial charge in [-0.3, -0.25) is 5.73 Å². The Balaban J connectivity index is 3.49. The van der Waals surface area contributed by atoms with Crippen molar-refractivity contribution in [3.63, 3.8) is 0 Å². The summed E-state index contributed by atoms with van der Waals surface area (Å²) in [4.78, 5) is 6.14. The van der Waals surface area contributed by atoms with Crippen LogP contribution in [0.15, 0.2) is 5.11 Å². The molecule has 0 fully saturated rings. The van der Waals surface area contributed by atoms with E-state index in [2.05, 4.69) is 15.0 Å². The molecule has 1 radical (unpaired) electrons. The molecular formula is C6H4Cl2N5. The van der Waals surface area contributed by atoms with Gasteiger partial charge in [0.1, 0.15) is 5.82 Å². The van der Waals surface area contributed by atoms with Crippen LogP contribution in [0, 0.1) is 6.92 Å². The normalized spacial score (nSPS) is 9.46. The summed E-state index contributed by atoms with van der Waals surface area (Å²) < 4.78 is 0. The highest BCUT2D eigenvalue weighted by Crippen LogP contribution is 2.34. The fourth-order valence-electron chi connectivity index (χ4n) is 0.754. The van der Waals surface area contributed by atoms with Gasteiger partial charge in [-0.15, -0.1) is 0 Å². The molecule has 0 atom stereocenters. The molecule has 1 aromatic heterocycles. The molecule has 67 valence electrons. The maximum absolute atomic E-state index is 8.16. The second-order valence-corrected chi connectivity index (χ2v) is 2.98. The molecular weight excluding hydrogens is 213 g/mol. The van der Waals surface area contributed by atoms with E-state index in [4.69, 9.17) is 34.5 Å². The molecule has 0 spiro atoms. The molecule has 5 nitrogen and oxygen atoms in total. The van der Waals surface area contributed by atoms with Gasteiger partial charge in [0.25, 0.3) is 0 Å². The fourth-order valence-corrected chi connectivity index (χ4v) is 1.11. The van der Waals surface area contributed by atoms with E-state index < -0.39 is 0 Å². The third-order valence-electron chi connectivity index (χ3n) is 1.42. The maximum atomic E-state index is 8.16. The molecule has 0 aliphatic heterocycles. The summed E-state index contributed by atoms with van der Waals surface area (Å²) in [5.41, 5.74) is 15.9. The van der Waals surface area contributed by atoms with Crippen LogP contribution in [0.2, 0.25) is 10.0 Å². The van der Waals surface area contributed by atoms with E-state index >= 15 is 0 Å². The van der Waals surface area contributed by atoms with E-state index in [1.165, 1.54) is 0 Å². The Bertz CT molecular complexity index is 397. The summed E-state index contributed by atoms with van der Waals surface area (Å²) in [5, 5.41) is 3.58. The number of aromatic nitrogens is 1. The average Bonchev–Trinajstić information content (AvgIpc) is 2.11. The number of nitrogens with zero attached hydrogens (tertiary/aromatic N) is 4. The number of hydrogen-bond donors (Lipinski definition) is 0. The van der Waals surface area contributed by atoms with E-state index in [1.807, 2.05) is 0 Å². The summed E-state index contributed by atoms with van der Waals surface area (Å²) in [6.45, 7) is 1.63. The third kappa shape index (κ3) is 1.78. The highest BCUT2D eigenvalue weighted by Gasteiger charge is 2.11. The van der Waals surface area contributed by atoms with Crippen molar-refractivity contribution in [1.82, 2.24) is 10.7 Å². The fraction of sp³-hybridized carbons (Fsp3) is 0.167. The zero-order chi connectivity index (χ0) is 10.0. The molecule has 0 saturated carbocycles. The Morgan fingerprint density at radius 1 is 1.46 bits per heavy atom. The first-order valence-corrected chi connectivity index (χ1v) is 3.95. The predicted molar refractivity (Wildman–Crippen MR) is 50.6 cm³/mol. The zero-order valence-corrected chi connectivity index (χ0v) is 8.06. The van der Waals surface area contributed by atoms with Crippen LogP contribution in [-0.4, -0.2) is 4.98 Å². The predicted octanol–water partition coefficient (Wildman–Crippen LogP) is 3.55. The average molecular weight is 217 g/mol. The Kier molecular flexibility index (Phi) is 2.83. The number of nitrogens with one attached hydrogen (secondary N) is 1. The second-order valence-electron chi connectivity index (χ2n) is 2.23. The van der Waals surface area contributed by atoms with Crippen LogP contribution in [0.5, 0.6) is 0 Å². The Hall–Kier alpha value is -1.16. The number of halogens is 2. The van der Waals surface area contributed by atoms with Gasteiger partial charge >= 0.3 is 0 Å². The first-order valence-electron chi connectivity index (χ1n) is 3.20. The lowest BCUT2D eigenvalue weighted by Gasteiger charge is -2.04. The molecule has 1 heterocycles. The molecule has 7 heteroatoms. The maximum Gasteiger partial charge on any atom is 0.164 e. The molecule has 0 aromatic carbocycles. The van der Waals surface area contributed by atoms with Gasteiger partial charge < -0.3 is 0 Å². The Morgan fingerprint density at radius 3 is 2.62 bits per heavy atom. The number of azide groups is 1. The molecule has 1 aromatic rings. The lowest BCUT2D eigenvalue weighted by Crippen LogP contribution is -1.86. The van der Waals surface area contributed by atoms with Crippen LogP contribution in [0.25, 0.3) is 10.4 Å². The van der Waals surface area contributed by atoms with Crippen LogP contribution in [0.3, 0.4) is 0 Å². The Morgan fingerprint density at radius 2 is 2.08 bits per heavy atom. The van der Waals surface area contributed by atoms with Gasteiger partial charge in [0.05, 0.1) is 10.0 Å². The van der Waals surface area contributed by atoms with Crippen LogP contribution in [-0.2, 0) is 0 Å². The van der Waals surface area contributed by atoms with Crippen molar-refractivity contribution < 1.29 is 0 Å². The van der Waals surface area contributed by atoms with Gasteiger partial charge in [-0.1, -0.05) is 23.2 Å². The van der Waals surface area contributed by atoms with Gasteiger partial charge in [0.2, 0.25) is 0 Å². The van der Waals surface area contributed by atoms with Crippen molar-refractivity contribution in [1.29, 1.82) is 0 Å². The lowest BCUT2D eigenvalue weighted by molar-refractivity contribution is 1.19. The minimum absolute atomic E-state index is 0.0175. The number of pyridine rings is 1. The second kappa shape index (κ2) is 3.70. The van der Waals surface area contributed by atoms with E-state index in [0.717, 1.165) is 0 Å². The topological polar surface area (TPSA) is 85.5 Å². The van der Waals surface area contributed by atoms with Gasteiger partial charge in [-0.05, 0) is 23.1 Å². The van der Waals surface area contributed by atoms with Crippen molar-refractivity contribution in [3.8, 4) is 0 Å². The lowest BCUT2D eigenvalue weighted by atomic mass is 10.3. The first kappa shape index (κ1) is 9.92. The Labute approximate surface area is 84.1 Å². The van der Waals surface area contributed by atoms with E-state index in [-0.39, 0.29) is 21.7 Å². The first-order chi connectivity index (χ1) is 6.07. The third-order valence-corrected chi connectivity index (χ3v) is 2.33. The number of rotatable bonds is 1. The van der Waals surface area contributed by atoms with Gasteiger partial charge in [-0.2, -0.15) is 0 Å². The molecule has 1 N–H and O–H groups in total. The van der Waals surface area contributed by atoms with E-state index in [1.54, 1.807) is 6.92 Å². The van der Waals surface area contributed by atoms with Crippen LogP contribution in [0.4, 0.5) is 11.6 Å². The van der Waals surface area contributed by atoms with Crippen molar-refractivity contribution in [2.75, 3.05) is 0 Å².